The Hall–Kier alpha value is -1.48. The molecule has 0 spiro atoms. The molecular formula is C13H15N3. The Morgan fingerprint density at radius 2 is 2.38 bits per heavy atom. The lowest BCUT2D eigenvalue weighted by molar-refractivity contribution is 0.602. The average molecular weight is 213 g/mol. The Kier molecular flexibility index (Phi) is 2.54. The van der Waals surface area contributed by atoms with E-state index in [-0.39, 0.29) is 0 Å². The number of hydrogen-bond donors (Lipinski definition) is 1. The zero-order valence-electron chi connectivity index (χ0n) is 9.19. The molecule has 1 aliphatic heterocycles. The summed E-state index contributed by atoms with van der Waals surface area (Å²) in [6.07, 6.45) is 9.29. The predicted molar refractivity (Wildman–Crippen MR) is 64.3 cm³/mol. The standard InChI is InChI=1S/C13H15N3/c1-2-12(15-4-1)7-10-6-11-3-5-14-9-13(11)16-8-10/h3,5-6,8-9,12,15H,1-2,4,7H2. The Morgan fingerprint density at radius 3 is 3.25 bits per heavy atom. The van der Waals surface area contributed by atoms with Crippen molar-refractivity contribution in [2.45, 2.75) is 25.3 Å². The van der Waals surface area contributed by atoms with Crippen molar-refractivity contribution < 1.29 is 0 Å². The Balaban J connectivity index is 1.86. The fourth-order valence-electron chi connectivity index (χ4n) is 2.34. The van der Waals surface area contributed by atoms with Crippen molar-refractivity contribution in [3.63, 3.8) is 0 Å². The molecule has 0 bridgehead atoms. The van der Waals surface area contributed by atoms with Gasteiger partial charge in [-0.1, -0.05) is 0 Å². The van der Waals surface area contributed by atoms with Crippen molar-refractivity contribution in [3.05, 3.63) is 36.3 Å². The second-order valence-electron chi connectivity index (χ2n) is 4.41. The first-order valence-corrected chi connectivity index (χ1v) is 5.84. The molecule has 1 aliphatic rings. The van der Waals surface area contributed by atoms with Crippen LogP contribution < -0.4 is 5.32 Å². The van der Waals surface area contributed by atoms with E-state index in [4.69, 9.17) is 0 Å². The number of nitrogens with zero attached hydrogens (tertiary/aromatic N) is 2. The van der Waals surface area contributed by atoms with Gasteiger partial charge in [-0.05, 0) is 43.5 Å². The van der Waals surface area contributed by atoms with Gasteiger partial charge < -0.3 is 5.32 Å². The molecular weight excluding hydrogens is 198 g/mol. The number of aromatic nitrogens is 2. The second kappa shape index (κ2) is 4.18. The summed E-state index contributed by atoms with van der Waals surface area (Å²) in [6, 6.07) is 4.89. The predicted octanol–water partition coefficient (Wildman–Crippen LogP) is 1.92. The van der Waals surface area contributed by atoms with Gasteiger partial charge >= 0.3 is 0 Å². The molecule has 3 heterocycles. The number of pyridine rings is 2. The summed E-state index contributed by atoms with van der Waals surface area (Å²) in [5.41, 5.74) is 2.30. The van der Waals surface area contributed by atoms with Gasteiger partial charge in [0.05, 0.1) is 11.7 Å². The highest BCUT2D eigenvalue weighted by molar-refractivity contribution is 5.77. The van der Waals surface area contributed by atoms with Crippen molar-refractivity contribution >= 4 is 10.9 Å². The molecule has 0 aliphatic carbocycles. The topological polar surface area (TPSA) is 37.8 Å². The molecule has 3 heteroatoms. The molecule has 16 heavy (non-hydrogen) atoms. The molecule has 3 nitrogen and oxygen atoms in total. The quantitative estimate of drug-likeness (QED) is 0.828. The van der Waals surface area contributed by atoms with E-state index in [2.05, 4.69) is 21.4 Å². The third kappa shape index (κ3) is 1.91. The van der Waals surface area contributed by atoms with Crippen molar-refractivity contribution in [2.24, 2.45) is 0 Å². The van der Waals surface area contributed by atoms with Gasteiger partial charge in [0.15, 0.2) is 0 Å². The SMILES string of the molecule is c1cc2cc(CC3CCCN3)cnc2cn1. The minimum atomic E-state index is 0.640. The van der Waals surface area contributed by atoms with E-state index in [0.29, 0.717) is 6.04 Å². The maximum Gasteiger partial charge on any atom is 0.0885 e. The van der Waals surface area contributed by atoms with E-state index in [0.717, 1.165) is 18.5 Å². The first-order valence-electron chi connectivity index (χ1n) is 5.84. The molecule has 3 rings (SSSR count). The normalized spacial score (nSPS) is 20.4. The third-order valence-corrected chi connectivity index (χ3v) is 3.19. The van der Waals surface area contributed by atoms with Gasteiger partial charge in [-0.15, -0.1) is 0 Å². The van der Waals surface area contributed by atoms with Crippen LogP contribution in [-0.4, -0.2) is 22.6 Å². The Morgan fingerprint density at radius 1 is 1.38 bits per heavy atom. The summed E-state index contributed by atoms with van der Waals surface area (Å²) in [6.45, 7) is 1.16. The van der Waals surface area contributed by atoms with E-state index < -0.39 is 0 Å². The summed E-state index contributed by atoms with van der Waals surface area (Å²) in [5, 5.41) is 4.70. The molecule has 2 aromatic rings. The van der Waals surface area contributed by atoms with Crippen LogP contribution in [0.4, 0.5) is 0 Å². The highest BCUT2D eigenvalue weighted by atomic mass is 14.9. The minimum Gasteiger partial charge on any atom is -0.314 e. The van der Waals surface area contributed by atoms with Gasteiger partial charge in [-0.25, -0.2) is 0 Å². The third-order valence-electron chi connectivity index (χ3n) is 3.19. The van der Waals surface area contributed by atoms with Gasteiger partial charge in [-0.2, -0.15) is 0 Å². The van der Waals surface area contributed by atoms with E-state index in [1.807, 2.05) is 24.7 Å². The average Bonchev–Trinajstić information content (AvgIpc) is 2.82. The molecule has 0 amide bonds. The lowest BCUT2D eigenvalue weighted by Crippen LogP contribution is -2.23. The van der Waals surface area contributed by atoms with Crippen LogP contribution in [0, 0.1) is 0 Å². The number of hydrogen-bond acceptors (Lipinski definition) is 3. The number of rotatable bonds is 2. The van der Waals surface area contributed by atoms with Gasteiger partial charge in [0.1, 0.15) is 0 Å². The lowest BCUT2D eigenvalue weighted by atomic mass is 10.1. The molecule has 1 unspecified atom stereocenters. The summed E-state index contributed by atoms with van der Waals surface area (Å²) in [4.78, 5) is 8.50. The molecule has 1 N–H and O–H groups in total. The molecule has 82 valence electrons. The smallest absolute Gasteiger partial charge is 0.0885 e. The maximum atomic E-state index is 4.43. The highest BCUT2D eigenvalue weighted by Crippen LogP contribution is 2.15. The van der Waals surface area contributed by atoms with Crippen LogP contribution in [0.3, 0.4) is 0 Å². The maximum absolute atomic E-state index is 4.43. The number of fused-ring (bicyclic) bond motifs is 1. The summed E-state index contributed by atoms with van der Waals surface area (Å²) in [5.74, 6) is 0. The van der Waals surface area contributed by atoms with Crippen LogP contribution in [0.2, 0.25) is 0 Å². The fourth-order valence-corrected chi connectivity index (χ4v) is 2.34. The van der Waals surface area contributed by atoms with Crippen LogP contribution in [0.25, 0.3) is 10.9 Å². The Labute approximate surface area is 94.9 Å². The second-order valence-corrected chi connectivity index (χ2v) is 4.41. The van der Waals surface area contributed by atoms with Crippen molar-refractivity contribution in [3.8, 4) is 0 Å². The van der Waals surface area contributed by atoms with Crippen LogP contribution in [0.1, 0.15) is 18.4 Å². The van der Waals surface area contributed by atoms with Crippen LogP contribution in [0.5, 0.6) is 0 Å². The van der Waals surface area contributed by atoms with Gasteiger partial charge in [0, 0.05) is 23.8 Å². The highest BCUT2D eigenvalue weighted by Gasteiger charge is 2.14. The summed E-state index contributed by atoms with van der Waals surface area (Å²) >= 11 is 0. The number of nitrogens with one attached hydrogen (secondary N) is 1. The van der Waals surface area contributed by atoms with E-state index in [1.165, 1.54) is 23.8 Å². The zero-order valence-corrected chi connectivity index (χ0v) is 9.19. The first kappa shape index (κ1) is 9.73. The molecule has 1 saturated heterocycles. The van der Waals surface area contributed by atoms with E-state index in [1.54, 1.807) is 0 Å². The van der Waals surface area contributed by atoms with Crippen LogP contribution >= 0.6 is 0 Å². The lowest BCUT2D eigenvalue weighted by Gasteiger charge is -2.09. The molecule has 1 atom stereocenters. The van der Waals surface area contributed by atoms with Crippen molar-refractivity contribution in [2.75, 3.05) is 6.54 Å². The largest absolute Gasteiger partial charge is 0.314 e. The molecule has 0 radical (unpaired) electrons. The van der Waals surface area contributed by atoms with Gasteiger partial charge in [-0.3, -0.25) is 9.97 Å². The molecule has 2 aromatic heterocycles. The van der Waals surface area contributed by atoms with E-state index in [9.17, 15) is 0 Å². The molecule has 0 aromatic carbocycles. The van der Waals surface area contributed by atoms with Gasteiger partial charge in [0.2, 0.25) is 0 Å². The van der Waals surface area contributed by atoms with Crippen LogP contribution in [0.15, 0.2) is 30.7 Å². The fraction of sp³-hybridized carbons (Fsp3) is 0.385. The molecule has 0 saturated carbocycles. The Bertz CT molecular complexity index is 489. The monoisotopic (exact) mass is 213 g/mol. The van der Waals surface area contributed by atoms with Crippen LogP contribution in [-0.2, 0) is 6.42 Å². The zero-order chi connectivity index (χ0) is 10.8. The first-order chi connectivity index (χ1) is 7.92. The minimum absolute atomic E-state index is 0.640. The van der Waals surface area contributed by atoms with E-state index >= 15 is 0 Å². The molecule has 1 fully saturated rings. The van der Waals surface area contributed by atoms with Gasteiger partial charge in [0.25, 0.3) is 0 Å². The summed E-state index contributed by atoms with van der Waals surface area (Å²) < 4.78 is 0. The van der Waals surface area contributed by atoms with Crippen molar-refractivity contribution in [1.29, 1.82) is 0 Å². The summed E-state index contributed by atoms with van der Waals surface area (Å²) in [7, 11) is 0. The van der Waals surface area contributed by atoms with Crippen molar-refractivity contribution in [1.82, 2.24) is 15.3 Å².